The number of benzene rings is 1. The van der Waals surface area contributed by atoms with Crippen LogP contribution < -0.4 is 5.73 Å². The standard InChI is InChI=1S/C13H18N2O/c1-3-15-11(6-9(2)14)7-10-8-12(16)4-5-13(10)15/h4-5,7-9,16H,3,6,14H2,1-2H3. The van der Waals surface area contributed by atoms with Crippen LogP contribution in [-0.2, 0) is 13.0 Å². The van der Waals surface area contributed by atoms with Crippen LogP contribution in [-0.4, -0.2) is 15.7 Å². The second-order valence-corrected chi connectivity index (χ2v) is 4.30. The molecule has 86 valence electrons. The highest BCUT2D eigenvalue weighted by Crippen LogP contribution is 2.24. The van der Waals surface area contributed by atoms with Gasteiger partial charge in [0.2, 0.25) is 0 Å². The third kappa shape index (κ3) is 1.91. The average Bonchev–Trinajstić information content (AvgIpc) is 2.52. The van der Waals surface area contributed by atoms with Crippen molar-refractivity contribution < 1.29 is 5.11 Å². The lowest BCUT2D eigenvalue weighted by atomic mass is 10.2. The fourth-order valence-electron chi connectivity index (χ4n) is 2.19. The van der Waals surface area contributed by atoms with Crippen molar-refractivity contribution in [2.45, 2.75) is 32.9 Å². The second-order valence-electron chi connectivity index (χ2n) is 4.30. The molecule has 3 N–H and O–H groups in total. The highest BCUT2D eigenvalue weighted by atomic mass is 16.3. The van der Waals surface area contributed by atoms with Crippen LogP contribution in [0.1, 0.15) is 19.5 Å². The number of fused-ring (bicyclic) bond motifs is 1. The summed E-state index contributed by atoms with van der Waals surface area (Å²) in [5.74, 6) is 0.313. The molecule has 1 aromatic carbocycles. The number of aromatic nitrogens is 1. The molecule has 0 aliphatic carbocycles. The molecule has 0 saturated heterocycles. The van der Waals surface area contributed by atoms with Crippen molar-refractivity contribution in [1.82, 2.24) is 4.57 Å². The number of hydrogen-bond donors (Lipinski definition) is 2. The van der Waals surface area contributed by atoms with E-state index in [0.29, 0.717) is 5.75 Å². The van der Waals surface area contributed by atoms with Crippen LogP contribution in [0.25, 0.3) is 10.9 Å². The summed E-state index contributed by atoms with van der Waals surface area (Å²) in [4.78, 5) is 0. The summed E-state index contributed by atoms with van der Waals surface area (Å²) in [5, 5.41) is 10.5. The zero-order valence-electron chi connectivity index (χ0n) is 9.77. The Labute approximate surface area is 95.5 Å². The first-order valence-electron chi connectivity index (χ1n) is 5.68. The molecule has 3 nitrogen and oxygen atoms in total. The second kappa shape index (κ2) is 4.18. The van der Waals surface area contributed by atoms with Gasteiger partial charge in [0.25, 0.3) is 0 Å². The van der Waals surface area contributed by atoms with Crippen molar-refractivity contribution in [2.24, 2.45) is 5.73 Å². The van der Waals surface area contributed by atoms with Gasteiger partial charge >= 0.3 is 0 Å². The van der Waals surface area contributed by atoms with Crippen LogP contribution in [0, 0.1) is 0 Å². The third-order valence-electron chi connectivity index (χ3n) is 2.82. The molecule has 0 aliphatic rings. The minimum Gasteiger partial charge on any atom is -0.508 e. The first-order chi connectivity index (χ1) is 7.61. The van der Waals surface area contributed by atoms with Gasteiger partial charge in [-0.15, -0.1) is 0 Å². The smallest absolute Gasteiger partial charge is 0.116 e. The van der Waals surface area contributed by atoms with Crippen LogP contribution in [0.2, 0.25) is 0 Å². The van der Waals surface area contributed by atoms with Gasteiger partial charge in [-0.3, -0.25) is 0 Å². The molecule has 3 heteroatoms. The lowest BCUT2D eigenvalue weighted by Crippen LogP contribution is -2.19. The van der Waals surface area contributed by atoms with Gasteiger partial charge in [-0.25, -0.2) is 0 Å². The first-order valence-corrected chi connectivity index (χ1v) is 5.68. The number of hydrogen-bond acceptors (Lipinski definition) is 2. The maximum atomic E-state index is 9.45. The van der Waals surface area contributed by atoms with Gasteiger partial charge in [0.05, 0.1) is 0 Å². The monoisotopic (exact) mass is 218 g/mol. The number of nitrogens with zero attached hydrogens (tertiary/aromatic N) is 1. The number of phenols is 1. The zero-order chi connectivity index (χ0) is 11.7. The SMILES string of the molecule is CCn1c(CC(C)N)cc2cc(O)ccc21. The van der Waals surface area contributed by atoms with Crippen LogP contribution in [0.4, 0.5) is 0 Å². The molecule has 0 radical (unpaired) electrons. The molecule has 16 heavy (non-hydrogen) atoms. The normalized spacial score (nSPS) is 13.2. The Morgan fingerprint density at radius 2 is 2.12 bits per heavy atom. The average molecular weight is 218 g/mol. The molecular weight excluding hydrogens is 200 g/mol. The van der Waals surface area contributed by atoms with E-state index in [0.717, 1.165) is 23.9 Å². The molecule has 0 amide bonds. The first kappa shape index (κ1) is 11.0. The summed E-state index contributed by atoms with van der Waals surface area (Å²) < 4.78 is 2.25. The van der Waals surface area contributed by atoms with Crippen molar-refractivity contribution in [2.75, 3.05) is 0 Å². The van der Waals surface area contributed by atoms with E-state index in [1.165, 1.54) is 5.69 Å². The Morgan fingerprint density at radius 3 is 2.75 bits per heavy atom. The van der Waals surface area contributed by atoms with Crippen LogP contribution in [0.3, 0.4) is 0 Å². The summed E-state index contributed by atoms with van der Waals surface area (Å²) in [6, 6.07) is 7.75. The third-order valence-corrected chi connectivity index (χ3v) is 2.82. The Kier molecular flexibility index (Phi) is 2.88. The maximum absolute atomic E-state index is 9.45. The molecule has 0 aliphatic heterocycles. The predicted octanol–water partition coefficient (Wildman–Crippen LogP) is 2.26. The largest absolute Gasteiger partial charge is 0.508 e. The van der Waals surface area contributed by atoms with Crippen molar-refractivity contribution >= 4 is 10.9 Å². The number of nitrogens with two attached hydrogens (primary N) is 1. The molecule has 1 aromatic heterocycles. The molecule has 2 rings (SSSR count). The fourth-order valence-corrected chi connectivity index (χ4v) is 2.19. The lowest BCUT2D eigenvalue weighted by molar-refractivity contribution is 0.476. The van der Waals surface area contributed by atoms with Gasteiger partial charge in [0.15, 0.2) is 0 Å². The number of aryl methyl sites for hydroxylation is 1. The van der Waals surface area contributed by atoms with E-state index in [1.807, 2.05) is 13.0 Å². The van der Waals surface area contributed by atoms with E-state index in [4.69, 9.17) is 5.73 Å². The van der Waals surface area contributed by atoms with E-state index in [2.05, 4.69) is 17.6 Å². The van der Waals surface area contributed by atoms with E-state index in [-0.39, 0.29) is 6.04 Å². The number of rotatable bonds is 3. The van der Waals surface area contributed by atoms with Crippen molar-refractivity contribution in [3.8, 4) is 5.75 Å². The Bertz CT molecular complexity index is 500. The Hall–Kier alpha value is -1.48. The van der Waals surface area contributed by atoms with E-state index in [1.54, 1.807) is 12.1 Å². The summed E-state index contributed by atoms with van der Waals surface area (Å²) in [6.07, 6.45) is 0.864. The van der Waals surface area contributed by atoms with E-state index in [9.17, 15) is 5.11 Å². The van der Waals surface area contributed by atoms with Crippen molar-refractivity contribution in [3.63, 3.8) is 0 Å². The molecule has 0 bridgehead atoms. The molecule has 0 saturated carbocycles. The zero-order valence-corrected chi connectivity index (χ0v) is 9.77. The highest BCUT2D eigenvalue weighted by molar-refractivity contribution is 5.82. The molecular formula is C13H18N2O. The van der Waals surface area contributed by atoms with E-state index < -0.39 is 0 Å². The summed E-state index contributed by atoms with van der Waals surface area (Å²) in [6.45, 7) is 5.06. The van der Waals surface area contributed by atoms with Crippen LogP contribution in [0.5, 0.6) is 5.75 Å². The Morgan fingerprint density at radius 1 is 1.38 bits per heavy atom. The van der Waals surface area contributed by atoms with Gasteiger partial charge < -0.3 is 15.4 Å². The van der Waals surface area contributed by atoms with Gasteiger partial charge in [-0.1, -0.05) is 0 Å². The Balaban J connectivity index is 2.56. The summed E-state index contributed by atoms with van der Waals surface area (Å²) in [5.41, 5.74) is 8.23. The summed E-state index contributed by atoms with van der Waals surface area (Å²) >= 11 is 0. The van der Waals surface area contributed by atoms with Crippen molar-refractivity contribution in [3.05, 3.63) is 30.0 Å². The molecule has 0 fully saturated rings. The highest BCUT2D eigenvalue weighted by Gasteiger charge is 2.09. The van der Waals surface area contributed by atoms with Crippen LogP contribution in [0.15, 0.2) is 24.3 Å². The van der Waals surface area contributed by atoms with Gasteiger partial charge in [-0.2, -0.15) is 0 Å². The quantitative estimate of drug-likeness (QED) is 0.830. The van der Waals surface area contributed by atoms with Gasteiger partial charge in [-0.05, 0) is 38.1 Å². The molecule has 1 heterocycles. The van der Waals surface area contributed by atoms with Crippen molar-refractivity contribution in [1.29, 1.82) is 0 Å². The minimum absolute atomic E-state index is 0.156. The predicted molar refractivity (Wildman–Crippen MR) is 66.6 cm³/mol. The van der Waals surface area contributed by atoms with Crippen LogP contribution >= 0.6 is 0 Å². The fraction of sp³-hybridized carbons (Fsp3) is 0.385. The molecule has 0 spiro atoms. The molecule has 1 unspecified atom stereocenters. The van der Waals surface area contributed by atoms with Gasteiger partial charge in [0, 0.05) is 35.6 Å². The van der Waals surface area contributed by atoms with E-state index >= 15 is 0 Å². The topological polar surface area (TPSA) is 51.2 Å². The molecule has 2 aromatic rings. The maximum Gasteiger partial charge on any atom is 0.116 e. The summed E-state index contributed by atoms with van der Waals surface area (Å²) in [7, 11) is 0. The van der Waals surface area contributed by atoms with Gasteiger partial charge in [0.1, 0.15) is 5.75 Å². The number of aromatic hydroxyl groups is 1. The number of phenolic OH excluding ortho intramolecular Hbond substituents is 1. The minimum atomic E-state index is 0.156. The molecule has 1 atom stereocenters. The lowest BCUT2D eigenvalue weighted by Gasteiger charge is -2.09.